The van der Waals surface area contributed by atoms with E-state index in [1.807, 2.05) is 19.1 Å². The van der Waals surface area contributed by atoms with E-state index in [1.54, 1.807) is 4.57 Å². The zero-order chi connectivity index (χ0) is 21.3. The largest absolute Gasteiger partial charge is 0.493 e. The second-order valence-corrected chi connectivity index (χ2v) is 7.20. The lowest BCUT2D eigenvalue weighted by Gasteiger charge is -2.21. The summed E-state index contributed by atoms with van der Waals surface area (Å²) in [6, 6.07) is 7.21. The zero-order valence-electron chi connectivity index (χ0n) is 16.7. The van der Waals surface area contributed by atoms with Gasteiger partial charge >= 0.3 is 5.56 Å². The van der Waals surface area contributed by atoms with Crippen molar-refractivity contribution in [1.82, 2.24) is 9.55 Å². The average molecular weight is 413 g/mol. The van der Waals surface area contributed by atoms with Crippen LogP contribution in [0.15, 0.2) is 41.3 Å². The highest BCUT2D eigenvalue weighted by Gasteiger charge is 2.16. The van der Waals surface area contributed by atoms with Gasteiger partial charge in [-0.25, -0.2) is 8.78 Å². The van der Waals surface area contributed by atoms with E-state index < -0.39 is 17.2 Å². The lowest BCUT2D eigenvalue weighted by atomic mass is 10.0. The summed E-state index contributed by atoms with van der Waals surface area (Å²) in [5.74, 6) is -0.213. The number of fused-ring (bicyclic) bond motifs is 1. The number of nitrogens with one attached hydrogen (secondary N) is 1. The third-order valence-electron chi connectivity index (χ3n) is 4.96. The molecule has 30 heavy (non-hydrogen) atoms. The Morgan fingerprint density at radius 2 is 1.97 bits per heavy atom. The molecule has 0 amide bonds. The van der Waals surface area contributed by atoms with Crippen LogP contribution in [0.5, 0.6) is 11.5 Å². The maximum Gasteiger partial charge on any atom is 0.316 e. The van der Waals surface area contributed by atoms with Crippen molar-refractivity contribution in [1.29, 1.82) is 0 Å². The van der Waals surface area contributed by atoms with Crippen molar-refractivity contribution in [3.8, 4) is 11.5 Å². The first kappa shape index (κ1) is 19.9. The number of ether oxygens (including phenoxy) is 2. The van der Waals surface area contributed by atoms with Gasteiger partial charge in [-0.15, -0.1) is 0 Å². The molecule has 0 spiro atoms. The smallest absolute Gasteiger partial charge is 0.316 e. The fraction of sp³-hybridized carbons (Fsp3) is 0.273. The van der Waals surface area contributed by atoms with Crippen molar-refractivity contribution in [2.45, 2.75) is 26.3 Å². The monoisotopic (exact) mass is 413 g/mol. The summed E-state index contributed by atoms with van der Waals surface area (Å²) < 4.78 is 39.6. The van der Waals surface area contributed by atoms with E-state index in [0.29, 0.717) is 12.2 Å². The highest BCUT2D eigenvalue weighted by molar-refractivity contribution is 5.63. The average Bonchev–Trinajstić information content (AvgIpc) is 2.69. The van der Waals surface area contributed by atoms with Crippen molar-refractivity contribution in [3.05, 3.63) is 75.2 Å². The second kappa shape index (κ2) is 8.14. The van der Waals surface area contributed by atoms with Gasteiger partial charge in [-0.2, -0.15) is 4.98 Å². The Morgan fingerprint density at radius 1 is 1.20 bits per heavy atom. The molecule has 6 nitrogen and oxygen atoms in total. The lowest BCUT2D eigenvalue weighted by molar-refractivity contribution is 0.288. The quantitative estimate of drug-likeness (QED) is 0.686. The van der Waals surface area contributed by atoms with Crippen LogP contribution in [0.4, 0.5) is 20.4 Å². The summed E-state index contributed by atoms with van der Waals surface area (Å²) in [6.45, 7) is 2.71. The first-order valence-corrected chi connectivity index (χ1v) is 9.57. The summed E-state index contributed by atoms with van der Waals surface area (Å²) >= 11 is 0. The maximum absolute atomic E-state index is 13.6. The fourth-order valence-electron chi connectivity index (χ4n) is 3.49. The Kier molecular flexibility index (Phi) is 5.39. The van der Waals surface area contributed by atoms with E-state index in [-0.39, 0.29) is 18.2 Å². The van der Waals surface area contributed by atoms with Gasteiger partial charge in [-0.3, -0.25) is 4.79 Å². The minimum atomic E-state index is -0.675. The number of hydrogen-bond acceptors (Lipinski definition) is 5. The predicted octanol–water partition coefficient (Wildman–Crippen LogP) is 3.96. The van der Waals surface area contributed by atoms with Gasteiger partial charge in [0, 0.05) is 11.8 Å². The molecule has 0 fully saturated rings. The standard InChI is InChI=1S/C22H21F2N3O3/c1-13-6-19-15(4-3-5-30-19)9-18(13)25-22-26-21(28)20(29-2)12-27(22)11-14-7-16(23)10-17(24)8-14/h6-10,12H,3-5,11H2,1-2H3,(H,25,26,28). The Hall–Kier alpha value is -3.42. The Morgan fingerprint density at radius 3 is 2.70 bits per heavy atom. The Bertz CT molecular complexity index is 1140. The van der Waals surface area contributed by atoms with E-state index in [2.05, 4.69) is 10.3 Å². The molecular weight excluding hydrogens is 392 g/mol. The number of hydrogen-bond donors (Lipinski definition) is 1. The third-order valence-corrected chi connectivity index (χ3v) is 4.96. The van der Waals surface area contributed by atoms with Crippen molar-refractivity contribution in [3.63, 3.8) is 0 Å². The number of nitrogens with zero attached hydrogens (tertiary/aromatic N) is 2. The summed E-state index contributed by atoms with van der Waals surface area (Å²) in [6.07, 6.45) is 3.30. The summed E-state index contributed by atoms with van der Waals surface area (Å²) in [4.78, 5) is 16.3. The highest BCUT2D eigenvalue weighted by Crippen LogP contribution is 2.32. The van der Waals surface area contributed by atoms with Crippen LogP contribution in [0, 0.1) is 18.6 Å². The normalized spacial score (nSPS) is 12.8. The molecule has 2 aromatic carbocycles. The third kappa shape index (κ3) is 4.12. The highest BCUT2D eigenvalue weighted by atomic mass is 19.1. The van der Waals surface area contributed by atoms with Crippen molar-refractivity contribution in [2.24, 2.45) is 0 Å². The number of benzene rings is 2. The molecule has 0 aliphatic carbocycles. The van der Waals surface area contributed by atoms with E-state index >= 15 is 0 Å². The molecule has 8 heteroatoms. The number of aromatic nitrogens is 2. The van der Waals surface area contributed by atoms with Gasteiger partial charge in [-0.1, -0.05) is 0 Å². The molecule has 3 aromatic rings. The van der Waals surface area contributed by atoms with Gasteiger partial charge in [-0.05, 0) is 60.7 Å². The molecule has 1 aliphatic heterocycles. The molecule has 0 bridgehead atoms. The molecule has 2 heterocycles. The van der Waals surface area contributed by atoms with Crippen LogP contribution in [0.1, 0.15) is 23.1 Å². The second-order valence-electron chi connectivity index (χ2n) is 7.20. The summed E-state index contributed by atoms with van der Waals surface area (Å²) in [5, 5.41) is 3.19. The molecule has 1 aromatic heterocycles. The molecule has 0 saturated carbocycles. The minimum Gasteiger partial charge on any atom is -0.493 e. The van der Waals surface area contributed by atoms with Gasteiger partial charge in [0.15, 0.2) is 0 Å². The molecule has 0 unspecified atom stereocenters. The summed E-state index contributed by atoms with van der Waals surface area (Å²) in [5.41, 5.74) is 2.61. The van der Waals surface area contributed by atoms with Crippen LogP contribution < -0.4 is 20.3 Å². The molecule has 0 radical (unpaired) electrons. The number of methoxy groups -OCH3 is 1. The van der Waals surface area contributed by atoms with Crippen LogP contribution in [-0.2, 0) is 13.0 Å². The van der Waals surface area contributed by atoms with Crippen LogP contribution in [0.2, 0.25) is 0 Å². The maximum atomic E-state index is 13.6. The first-order chi connectivity index (χ1) is 14.4. The van der Waals surface area contributed by atoms with Gasteiger partial charge in [0.05, 0.1) is 26.5 Å². The number of aryl methyl sites for hydroxylation is 2. The van der Waals surface area contributed by atoms with Crippen LogP contribution in [0.3, 0.4) is 0 Å². The molecular formula is C22H21F2N3O3. The molecule has 4 rings (SSSR count). The number of anilines is 2. The molecule has 0 atom stereocenters. The van der Waals surface area contributed by atoms with Crippen LogP contribution in [0.25, 0.3) is 0 Å². The van der Waals surface area contributed by atoms with E-state index in [0.717, 1.165) is 41.5 Å². The van der Waals surface area contributed by atoms with Gasteiger partial charge in [0.1, 0.15) is 17.4 Å². The van der Waals surface area contributed by atoms with Crippen LogP contribution >= 0.6 is 0 Å². The Balaban J connectivity index is 1.74. The number of halogens is 2. The van der Waals surface area contributed by atoms with Crippen LogP contribution in [-0.4, -0.2) is 23.3 Å². The Labute approximate surface area is 172 Å². The van der Waals surface area contributed by atoms with Crippen molar-refractivity contribution < 1.29 is 18.3 Å². The molecule has 1 N–H and O–H groups in total. The zero-order valence-corrected chi connectivity index (χ0v) is 16.7. The number of rotatable bonds is 5. The van der Waals surface area contributed by atoms with Crippen molar-refractivity contribution in [2.75, 3.05) is 19.0 Å². The topological polar surface area (TPSA) is 65.4 Å². The molecule has 0 saturated heterocycles. The van der Waals surface area contributed by atoms with Gasteiger partial charge in [0.25, 0.3) is 0 Å². The van der Waals surface area contributed by atoms with E-state index in [4.69, 9.17) is 9.47 Å². The molecule has 156 valence electrons. The molecule has 1 aliphatic rings. The minimum absolute atomic E-state index is 0.0352. The van der Waals surface area contributed by atoms with E-state index in [1.165, 1.54) is 25.4 Å². The van der Waals surface area contributed by atoms with E-state index in [9.17, 15) is 13.6 Å². The lowest BCUT2D eigenvalue weighted by Crippen LogP contribution is -2.19. The van der Waals surface area contributed by atoms with Gasteiger partial charge < -0.3 is 19.4 Å². The summed E-state index contributed by atoms with van der Waals surface area (Å²) in [7, 11) is 1.37. The fourth-order valence-corrected chi connectivity index (χ4v) is 3.49. The first-order valence-electron chi connectivity index (χ1n) is 9.57. The van der Waals surface area contributed by atoms with Gasteiger partial charge in [0.2, 0.25) is 11.7 Å². The SMILES string of the molecule is COc1cn(Cc2cc(F)cc(F)c2)c(Nc2cc3c(cc2C)OCCC3)nc1=O. The van der Waals surface area contributed by atoms with Crippen molar-refractivity contribution >= 4 is 11.6 Å². The predicted molar refractivity (Wildman–Crippen MR) is 109 cm³/mol.